The van der Waals surface area contributed by atoms with E-state index in [2.05, 4.69) is 4.90 Å². The van der Waals surface area contributed by atoms with Crippen LogP contribution in [0.15, 0.2) is 58.1 Å². The summed E-state index contributed by atoms with van der Waals surface area (Å²) in [5, 5.41) is 0.424. The molecular weight excluding hydrogens is 387 g/mol. The van der Waals surface area contributed by atoms with Crippen LogP contribution in [0.4, 0.5) is 10.1 Å². The summed E-state index contributed by atoms with van der Waals surface area (Å²) < 4.78 is 15.7. The molecule has 0 saturated carbocycles. The predicted molar refractivity (Wildman–Crippen MR) is 113 cm³/mol. The average molecular weight is 410 g/mol. The maximum Gasteiger partial charge on any atom is 0.331 e. The molecule has 2 heterocycles. The molecule has 2 aromatic carbocycles. The third-order valence-electron chi connectivity index (χ3n) is 5.57. The van der Waals surface area contributed by atoms with Crippen LogP contribution in [0.1, 0.15) is 6.92 Å². The van der Waals surface area contributed by atoms with E-state index in [9.17, 15) is 18.8 Å². The Kier molecular flexibility index (Phi) is 5.39. The van der Waals surface area contributed by atoms with Crippen LogP contribution < -0.4 is 16.1 Å². The van der Waals surface area contributed by atoms with Gasteiger partial charge in [0.15, 0.2) is 0 Å². The summed E-state index contributed by atoms with van der Waals surface area (Å²) in [7, 11) is 0. The van der Waals surface area contributed by atoms with Gasteiger partial charge in [-0.2, -0.15) is 0 Å². The Balaban J connectivity index is 1.54. The van der Waals surface area contributed by atoms with Gasteiger partial charge in [-0.25, -0.2) is 9.18 Å². The van der Waals surface area contributed by atoms with E-state index in [0.29, 0.717) is 37.1 Å². The monoisotopic (exact) mass is 410 g/mol. The number of fused-ring (bicyclic) bond motifs is 1. The first-order chi connectivity index (χ1) is 14.5. The average Bonchev–Trinajstić information content (AvgIpc) is 2.77. The van der Waals surface area contributed by atoms with Crippen LogP contribution in [0.5, 0.6) is 0 Å². The lowest BCUT2D eigenvalue weighted by molar-refractivity contribution is -0.132. The van der Waals surface area contributed by atoms with Gasteiger partial charge in [0.1, 0.15) is 12.4 Å². The molecule has 1 fully saturated rings. The standard InChI is InChI=1S/C22H23FN4O3/c1-2-26-21(29)18-5-3-4-6-19(18)27(22(26)30)15-20(28)25-13-11-24(12-14-25)17-9-7-16(23)8-10-17/h3-10H,2,11-15H2,1H3. The molecule has 1 amide bonds. The van der Waals surface area contributed by atoms with E-state index in [4.69, 9.17) is 0 Å². The summed E-state index contributed by atoms with van der Waals surface area (Å²) in [6, 6.07) is 13.2. The summed E-state index contributed by atoms with van der Waals surface area (Å²) in [5.41, 5.74) is 0.574. The Hall–Kier alpha value is -3.42. The number of carbonyl (C=O) groups excluding carboxylic acids is 1. The minimum Gasteiger partial charge on any atom is -0.368 e. The van der Waals surface area contributed by atoms with E-state index < -0.39 is 5.69 Å². The van der Waals surface area contributed by atoms with E-state index in [1.54, 1.807) is 48.2 Å². The number of aromatic nitrogens is 2. The molecule has 0 atom stereocenters. The quantitative estimate of drug-likeness (QED) is 0.656. The molecule has 7 nitrogen and oxygen atoms in total. The van der Waals surface area contributed by atoms with Crippen molar-refractivity contribution in [2.45, 2.75) is 20.0 Å². The Morgan fingerprint density at radius 2 is 1.60 bits per heavy atom. The van der Waals surface area contributed by atoms with Crippen molar-refractivity contribution >= 4 is 22.5 Å². The molecule has 0 bridgehead atoms. The van der Waals surface area contributed by atoms with Gasteiger partial charge < -0.3 is 9.80 Å². The number of carbonyl (C=O) groups is 1. The zero-order valence-corrected chi connectivity index (χ0v) is 16.8. The molecule has 0 unspecified atom stereocenters. The van der Waals surface area contributed by atoms with Gasteiger partial charge in [0.2, 0.25) is 5.91 Å². The van der Waals surface area contributed by atoms with Crippen LogP contribution in [0.2, 0.25) is 0 Å². The van der Waals surface area contributed by atoms with Gasteiger partial charge in [-0.05, 0) is 43.3 Å². The lowest BCUT2D eigenvalue weighted by Gasteiger charge is -2.36. The summed E-state index contributed by atoms with van der Waals surface area (Å²) in [6.07, 6.45) is 0. The van der Waals surface area contributed by atoms with Crippen LogP contribution in [-0.2, 0) is 17.9 Å². The second-order valence-corrected chi connectivity index (χ2v) is 7.28. The molecular formula is C22H23FN4O3. The SMILES string of the molecule is CCn1c(=O)c2ccccc2n(CC(=O)N2CCN(c3ccc(F)cc3)CC2)c1=O. The van der Waals surface area contributed by atoms with Crippen molar-refractivity contribution in [3.63, 3.8) is 0 Å². The summed E-state index contributed by atoms with van der Waals surface area (Å²) in [6.45, 7) is 4.14. The number of benzene rings is 2. The zero-order valence-electron chi connectivity index (χ0n) is 16.8. The van der Waals surface area contributed by atoms with Crippen LogP contribution >= 0.6 is 0 Å². The Morgan fingerprint density at radius 1 is 0.933 bits per heavy atom. The number of nitrogens with zero attached hydrogens (tertiary/aromatic N) is 4. The lowest BCUT2D eigenvalue weighted by Crippen LogP contribution is -2.50. The van der Waals surface area contributed by atoms with Crippen LogP contribution in [-0.4, -0.2) is 46.1 Å². The van der Waals surface area contributed by atoms with Crippen molar-refractivity contribution in [2.75, 3.05) is 31.1 Å². The molecule has 4 rings (SSSR count). The van der Waals surface area contributed by atoms with E-state index in [0.717, 1.165) is 10.3 Å². The minimum absolute atomic E-state index is 0.115. The maximum absolute atomic E-state index is 13.1. The number of rotatable bonds is 4. The number of amides is 1. The molecule has 1 aliphatic rings. The Morgan fingerprint density at radius 3 is 2.27 bits per heavy atom. The molecule has 1 aliphatic heterocycles. The first-order valence-corrected chi connectivity index (χ1v) is 10.00. The second kappa shape index (κ2) is 8.14. The zero-order chi connectivity index (χ0) is 21.3. The first kappa shape index (κ1) is 19.9. The maximum atomic E-state index is 13.1. The number of halogens is 1. The molecule has 30 heavy (non-hydrogen) atoms. The van der Waals surface area contributed by atoms with Crippen molar-refractivity contribution in [3.05, 3.63) is 75.2 Å². The molecule has 156 valence electrons. The van der Waals surface area contributed by atoms with Gasteiger partial charge in [-0.3, -0.25) is 18.7 Å². The minimum atomic E-state index is -0.473. The van der Waals surface area contributed by atoms with Crippen LogP contribution in [0.25, 0.3) is 10.9 Å². The summed E-state index contributed by atoms with van der Waals surface area (Å²) >= 11 is 0. The Bertz CT molecular complexity index is 1190. The molecule has 1 saturated heterocycles. The van der Waals surface area contributed by atoms with Gasteiger partial charge in [0.25, 0.3) is 5.56 Å². The predicted octanol–water partition coefficient (Wildman–Crippen LogP) is 1.67. The van der Waals surface area contributed by atoms with Gasteiger partial charge in [-0.15, -0.1) is 0 Å². The number of para-hydroxylation sites is 1. The van der Waals surface area contributed by atoms with Gasteiger partial charge in [0.05, 0.1) is 10.9 Å². The van der Waals surface area contributed by atoms with Crippen molar-refractivity contribution in [3.8, 4) is 0 Å². The molecule has 3 aromatic rings. The summed E-state index contributed by atoms with van der Waals surface area (Å²) in [5.74, 6) is -0.444. The number of piperazine rings is 1. The highest BCUT2D eigenvalue weighted by molar-refractivity contribution is 5.81. The largest absolute Gasteiger partial charge is 0.368 e. The van der Waals surface area contributed by atoms with Crippen molar-refractivity contribution < 1.29 is 9.18 Å². The third kappa shape index (κ3) is 3.60. The van der Waals surface area contributed by atoms with Gasteiger partial charge in [-0.1, -0.05) is 12.1 Å². The molecule has 1 aromatic heterocycles. The van der Waals surface area contributed by atoms with Crippen LogP contribution in [0, 0.1) is 5.82 Å². The molecule has 8 heteroatoms. The van der Waals surface area contributed by atoms with Crippen molar-refractivity contribution in [2.24, 2.45) is 0 Å². The highest BCUT2D eigenvalue weighted by atomic mass is 19.1. The number of hydrogen-bond acceptors (Lipinski definition) is 4. The highest BCUT2D eigenvalue weighted by Gasteiger charge is 2.23. The third-order valence-corrected chi connectivity index (χ3v) is 5.57. The van der Waals surface area contributed by atoms with Gasteiger partial charge >= 0.3 is 5.69 Å². The Labute approximate surface area is 172 Å². The van der Waals surface area contributed by atoms with E-state index in [1.807, 2.05) is 0 Å². The second-order valence-electron chi connectivity index (χ2n) is 7.28. The topological polar surface area (TPSA) is 67.6 Å². The summed E-state index contributed by atoms with van der Waals surface area (Å²) in [4.78, 5) is 42.1. The van der Waals surface area contributed by atoms with Gasteiger partial charge in [0, 0.05) is 38.4 Å². The lowest BCUT2D eigenvalue weighted by atomic mass is 10.2. The molecule has 0 N–H and O–H groups in total. The molecule has 0 spiro atoms. The van der Waals surface area contributed by atoms with E-state index in [-0.39, 0.29) is 30.4 Å². The fourth-order valence-corrected chi connectivity index (χ4v) is 3.90. The molecule has 0 radical (unpaired) electrons. The fraction of sp³-hybridized carbons (Fsp3) is 0.318. The highest BCUT2D eigenvalue weighted by Crippen LogP contribution is 2.17. The van der Waals surface area contributed by atoms with Crippen LogP contribution in [0.3, 0.4) is 0 Å². The fourth-order valence-electron chi connectivity index (χ4n) is 3.90. The number of anilines is 1. The number of hydrogen-bond donors (Lipinski definition) is 0. The smallest absolute Gasteiger partial charge is 0.331 e. The van der Waals surface area contributed by atoms with E-state index >= 15 is 0 Å². The van der Waals surface area contributed by atoms with Crippen molar-refractivity contribution in [1.82, 2.24) is 14.0 Å². The van der Waals surface area contributed by atoms with Crippen molar-refractivity contribution in [1.29, 1.82) is 0 Å². The molecule has 0 aliphatic carbocycles. The first-order valence-electron chi connectivity index (χ1n) is 10.00. The normalized spacial score (nSPS) is 14.3. The van der Waals surface area contributed by atoms with E-state index in [1.165, 1.54) is 16.7 Å².